The molecule has 2 fully saturated rings. The Balaban J connectivity index is 1.69. The first kappa shape index (κ1) is 8.48. The Kier molecular flexibility index (Phi) is 2.63. The average Bonchev–Trinajstić information content (AvgIpc) is 2.34. The van der Waals surface area contributed by atoms with Crippen molar-refractivity contribution in [2.45, 2.75) is 25.0 Å². The van der Waals surface area contributed by atoms with Crippen molar-refractivity contribution in [3.05, 3.63) is 0 Å². The van der Waals surface area contributed by atoms with Crippen LogP contribution in [0, 0.1) is 0 Å². The van der Waals surface area contributed by atoms with Crippen LogP contribution >= 0.6 is 0 Å². The number of hydrogen-bond donors (Lipinski definition) is 1. The van der Waals surface area contributed by atoms with Crippen LogP contribution in [-0.4, -0.2) is 50.3 Å². The van der Waals surface area contributed by atoms with E-state index in [0.29, 0.717) is 6.10 Å². The highest BCUT2D eigenvalue weighted by Gasteiger charge is 2.25. The lowest BCUT2D eigenvalue weighted by Gasteiger charge is -2.36. The summed E-state index contributed by atoms with van der Waals surface area (Å²) < 4.78 is 5.58. The van der Waals surface area contributed by atoms with Crippen LogP contribution in [0.4, 0.5) is 0 Å². The molecule has 1 atom stereocenters. The van der Waals surface area contributed by atoms with E-state index < -0.39 is 0 Å². The van der Waals surface area contributed by atoms with E-state index >= 15 is 0 Å². The Labute approximate surface area is 74.1 Å². The molecule has 0 amide bonds. The maximum atomic E-state index is 5.58. The number of rotatable bonds is 3. The van der Waals surface area contributed by atoms with Crippen molar-refractivity contribution in [3.63, 3.8) is 0 Å². The van der Waals surface area contributed by atoms with Gasteiger partial charge in [0.1, 0.15) is 0 Å². The van der Waals surface area contributed by atoms with Crippen molar-refractivity contribution in [1.82, 2.24) is 10.2 Å². The summed E-state index contributed by atoms with van der Waals surface area (Å²) in [6, 6.07) is 0.759. The van der Waals surface area contributed by atoms with Gasteiger partial charge in [-0.15, -0.1) is 0 Å². The van der Waals surface area contributed by atoms with Gasteiger partial charge in [-0.05, 0) is 19.9 Å². The van der Waals surface area contributed by atoms with Gasteiger partial charge in [-0.2, -0.15) is 0 Å². The first-order valence-corrected chi connectivity index (χ1v) is 4.89. The molecular formula is C9H18N2O. The van der Waals surface area contributed by atoms with Gasteiger partial charge in [-0.3, -0.25) is 4.90 Å². The van der Waals surface area contributed by atoms with Crippen LogP contribution in [-0.2, 0) is 4.74 Å². The molecule has 0 spiro atoms. The zero-order valence-corrected chi connectivity index (χ0v) is 7.75. The maximum Gasteiger partial charge on any atom is 0.0702 e. The number of hydrogen-bond acceptors (Lipinski definition) is 3. The van der Waals surface area contributed by atoms with Crippen LogP contribution in [0.25, 0.3) is 0 Å². The summed E-state index contributed by atoms with van der Waals surface area (Å²) in [5, 5.41) is 3.28. The fraction of sp³-hybridized carbons (Fsp3) is 1.00. The third-order valence-electron chi connectivity index (χ3n) is 2.90. The van der Waals surface area contributed by atoms with Crippen LogP contribution < -0.4 is 5.32 Å². The predicted molar refractivity (Wildman–Crippen MR) is 48.3 cm³/mol. The quantitative estimate of drug-likeness (QED) is 0.648. The molecule has 2 saturated heterocycles. The van der Waals surface area contributed by atoms with Gasteiger partial charge in [0, 0.05) is 32.3 Å². The lowest BCUT2D eigenvalue weighted by atomic mass is 10.1. The van der Waals surface area contributed by atoms with Crippen molar-refractivity contribution >= 4 is 0 Å². The van der Waals surface area contributed by atoms with Gasteiger partial charge < -0.3 is 10.1 Å². The van der Waals surface area contributed by atoms with Crippen molar-refractivity contribution in [2.75, 3.05) is 33.3 Å². The van der Waals surface area contributed by atoms with E-state index in [-0.39, 0.29) is 0 Å². The first-order valence-electron chi connectivity index (χ1n) is 4.89. The van der Waals surface area contributed by atoms with Crippen LogP contribution in [0.5, 0.6) is 0 Å². The highest BCUT2D eigenvalue weighted by atomic mass is 16.5. The van der Waals surface area contributed by atoms with Crippen molar-refractivity contribution in [3.8, 4) is 0 Å². The normalized spacial score (nSPS) is 31.0. The summed E-state index contributed by atoms with van der Waals surface area (Å²) >= 11 is 0. The van der Waals surface area contributed by atoms with Gasteiger partial charge in [-0.1, -0.05) is 0 Å². The smallest absolute Gasteiger partial charge is 0.0702 e. The zero-order valence-electron chi connectivity index (χ0n) is 7.75. The third kappa shape index (κ3) is 1.79. The van der Waals surface area contributed by atoms with Gasteiger partial charge in [0.05, 0.1) is 6.10 Å². The van der Waals surface area contributed by atoms with Gasteiger partial charge in [0.25, 0.3) is 0 Å². The highest BCUT2D eigenvalue weighted by Crippen LogP contribution is 2.14. The molecule has 0 unspecified atom stereocenters. The van der Waals surface area contributed by atoms with E-state index in [1.54, 1.807) is 0 Å². The lowest BCUT2D eigenvalue weighted by Crippen LogP contribution is -2.57. The molecule has 3 nitrogen and oxygen atoms in total. The Morgan fingerprint density at radius 3 is 2.83 bits per heavy atom. The van der Waals surface area contributed by atoms with E-state index in [1.807, 2.05) is 0 Å². The van der Waals surface area contributed by atoms with Crippen molar-refractivity contribution in [1.29, 1.82) is 0 Å². The number of ether oxygens (including phenoxy) is 1. The molecule has 2 heterocycles. The van der Waals surface area contributed by atoms with Crippen molar-refractivity contribution in [2.24, 2.45) is 0 Å². The van der Waals surface area contributed by atoms with Crippen LogP contribution in [0.3, 0.4) is 0 Å². The first-order chi connectivity index (χ1) is 5.86. The third-order valence-corrected chi connectivity index (χ3v) is 2.90. The number of nitrogens with one attached hydrogen (secondary N) is 1. The predicted octanol–water partition coefficient (Wildman–Crippen LogP) is 0.0690. The summed E-state index contributed by atoms with van der Waals surface area (Å²) in [6.07, 6.45) is 3.02. The minimum absolute atomic E-state index is 0.510. The molecule has 2 aliphatic rings. The second kappa shape index (κ2) is 3.73. The van der Waals surface area contributed by atoms with E-state index in [1.165, 1.54) is 12.8 Å². The molecule has 2 aliphatic heterocycles. The van der Waals surface area contributed by atoms with E-state index in [0.717, 1.165) is 32.3 Å². The van der Waals surface area contributed by atoms with Crippen molar-refractivity contribution < 1.29 is 4.74 Å². The molecule has 70 valence electrons. The van der Waals surface area contributed by atoms with Crippen LogP contribution in [0.1, 0.15) is 12.8 Å². The monoisotopic (exact) mass is 170 g/mol. The largest absolute Gasteiger partial charge is 0.377 e. The van der Waals surface area contributed by atoms with E-state index in [9.17, 15) is 0 Å². The molecule has 0 bridgehead atoms. The summed E-state index contributed by atoms with van der Waals surface area (Å²) in [5.74, 6) is 0. The van der Waals surface area contributed by atoms with Gasteiger partial charge in [-0.25, -0.2) is 0 Å². The molecule has 0 aromatic heterocycles. The topological polar surface area (TPSA) is 24.5 Å². The fourth-order valence-corrected chi connectivity index (χ4v) is 1.84. The maximum absolute atomic E-state index is 5.58. The van der Waals surface area contributed by atoms with Crippen LogP contribution in [0.2, 0.25) is 0 Å². The molecule has 3 heteroatoms. The highest BCUT2D eigenvalue weighted by molar-refractivity contribution is 4.84. The molecule has 0 aliphatic carbocycles. The molecule has 0 aromatic rings. The Morgan fingerprint density at radius 1 is 1.50 bits per heavy atom. The summed E-state index contributed by atoms with van der Waals surface area (Å²) in [5.41, 5.74) is 0. The molecule has 0 saturated carbocycles. The second-order valence-electron chi connectivity index (χ2n) is 3.89. The average molecular weight is 170 g/mol. The minimum atomic E-state index is 0.510. The fourth-order valence-electron chi connectivity index (χ4n) is 1.84. The van der Waals surface area contributed by atoms with Gasteiger partial charge in [0.15, 0.2) is 0 Å². The van der Waals surface area contributed by atoms with Gasteiger partial charge in [0.2, 0.25) is 0 Å². The molecule has 0 radical (unpaired) electrons. The standard InChI is InChI=1S/C9H18N2O/c1-11(8-5-10-6-8)7-9-3-2-4-12-9/h8-10H,2-7H2,1H3/t9-/m1/s1. The molecular weight excluding hydrogens is 152 g/mol. The van der Waals surface area contributed by atoms with E-state index in [4.69, 9.17) is 4.74 Å². The number of likely N-dealkylation sites (N-methyl/N-ethyl adjacent to an activating group) is 1. The Bertz CT molecular complexity index is 141. The zero-order chi connectivity index (χ0) is 8.39. The lowest BCUT2D eigenvalue weighted by molar-refractivity contribution is 0.0581. The van der Waals surface area contributed by atoms with Gasteiger partial charge >= 0.3 is 0 Å². The SMILES string of the molecule is CN(C[C@H]1CCCO1)C1CNC1. The molecule has 12 heavy (non-hydrogen) atoms. The van der Waals surface area contributed by atoms with Crippen LogP contribution in [0.15, 0.2) is 0 Å². The minimum Gasteiger partial charge on any atom is -0.377 e. The summed E-state index contributed by atoms with van der Waals surface area (Å²) in [7, 11) is 2.20. The Hall–Kier alpha value is -0.120. The summed E-state index contributed by atoms with van der Waals surface area (Å²) in [6.45, 7) is 4.40. The summed E-state index contributed by atoms with van der Waals surface area (Å²) in [4.78, 5) is 2.42. The number of nitrogens with zero attached hydrogens (tertiary/aromatic N) is 1. The van der Waals surface area contributed by atoms with E-state index in [2.05, 4.69) is 17.3 Å². The molecule has 2 rings (SSSR count). The molecule has 1 N–H and O–H groups in total. The Morgan fingerprint density at radius 2 is 2.33 bits per heavy atom. The molecule has 0 aromatic carbocycles. The second-order valence-corrected chi connectivity index (χ2v) is 3.89.